The Morgan fingerprint density at radius 1 is 1.33 bits per heavy atom. The van der Waals surface area contributed by atoms with Gasteiger partial charge in [0.25, 0.3) is 0 Å². The first-order chi connectivity index (χ1) is 9.92. The molecule has 3 N–H and O–H groups in total. The zero-order chi connectivity index (χ0) is 15.3. The van der Waals surface area contributed by atoms with Gasteiger partial charge in [0.2, 0.25) is 26.2 Å². The van der Waals surface area contributed by atoms with Gasteiger partial charge in [-0.25, -0.2) is 8.42 Å². The van der Waals surface area contributed by atoms with Crippen molar-refractivity contribution in [1.29, 1.82) is 0 Å². The topological polar surface area (TPSA) is 113 Å². The number of carbonyl (C=O) groups excluding carboxylic acids is 1. The normalized spacial score (nSPS) is 16.6. The molecule has 1 aliphatic heterocycles. The molecule has 1 aromatic heterocycles. The van der Waals surface area contributed by atoms with Crippen LogP contribution in [0.1, 0.15) is 25.7 Å². The van der Waals surface area contributed by atoms with E-state index in [1.165, 1.54) is 0 Å². The molecule has 2 heterocycles. The lowest BCUT2D eigenvalue weighted by molar-refractivity contribution is -0.116. The molecule has 0 aliphatic carbocycles. The van der Waals surface area contributed by atoms with Crippen molar-refractivity contribution in [3.05, 3.63) is 0 Å². The van der Waals surface area contributed by atoms with Crippen LogP contribution in [0, 0.1) is 5.92 Å². The van der Waals surface area contributed by atoms with Crippen molar-refractivity contribution in [2.75, 3.05) is 29.4 Å². The predicted molar refractivity (Wildman–Crippen MR) is 81.8 cm³/mol. The third kappa shape index (κ3) is 5.94. The van der Waals surface area contributed by atoms with Gasteiger partial charge in [-0.1, -0.05) is 11.3 Å². The fourth-order valence-electron chi connectivity index (χ4n) is 2.16. The van der Waals surface area contributed by atoms with Crippen LogP contribution in [-0.4, -0.2) is 43.9 Å². The lowest BCUT2D eigenvalue weighted by Crippen LogP contribution is -2.28. The summed E-state index contributed by atoms with van der Waals surface area (Å²) in [6.45, 7) is 2.03. The van der Waals surface area contributed by atoms with Gasteiger partial charge >= 0.3 is 0 Å². The first-order valence-electron chi connectivity index (χ1n) is 6.74. The lowest BCUT2D eigenvalue weighted by Gasteiger charge is -2.21. The van der Waals surface area contributed by atoms with Crippen molar-refractivity contribution < 1.29 is 13.2 Å². The van der Waals surface area contributed by atoms with E-state index in [1.54, 1.807) is 0 Å². The summed E-state index contributed by atoms with van der Waals surface area (Å²) >= 11 is 0.995. The van der Waals surface area contributed by atoms with Crippen molar-refractivity contribution in [3.63, 3.8) is 0 Å². The summed E-state index contributed by atoms with van der Waals surface area (Å²) in [6, 6.07) is 0. The first-order valence-corrected chi connectivity index (χ1v) is 9.45. The summed E-state index contributed by atoms with van der Waals surface area (Å²) in [5, 5.41) is 13.8. The van der Waals surface area contributed by atoms with E-state index in [2.05, 4.69) is 25.6 Å². The Kier molecular flexibility index (Phi) is 5.48. The molecule has 8 nitrogen and oxygen atoms in total. The van der Waals surface area contributed by atoms with E-state index in [4.69, 9.17) is 0 Å². The molecule has 0 radical (unpaired) electrons. The number of amides is 1. The maximum absolute atomic E-state index is 11.8. The molecule has 2 rings (SSSR count). The fraction of sp³-hybridized carbons (Fsp3) is 0.727. The van der Waals surface area contributed by atoms with E-state index in [9.17, 15) is 13.2 Å². The van der Waals surface area contributed by atoms with Gasteiger partial charge in [0.1, 0.15) is 0 Å². The average Bonchev–Trinajstić information content (AvgIpc) is 2.82. The molecule has 0 saturated carbocycles. The second-order valence-corrected chi connectivity index (χ2v) is 7.79. The molecule has 0 aromatic carbocycles. The Bertz CT molecular complexity index is 580. The molecule has 0 bridgehead atoms. The standard InChI is InChI=1S/C11H19N5O3S2/c1-21(18,19)16-11-15-14-10(20-11)13-9(17)3-2-8-4-6-12-7-5-8/h8,12H,2-7H2,1H3,(H,15,16)(H,13,14,17). The number of hydrogen-bond donors (Lipinski definition) is 3. The Hall–Kier alpha value is -1.26. The highest BCUT2D eigenvalue weighted by Crippen LogP contribution is 2.22. The van der Waals surface area contributed by atoms with Crippen LogP contribution >= 0.6 is 11.3 Å². The Balaban J connectivity index is 1.77. The summed E-state index contributed by atoms with van der Waals surface area (Å²) in [7, 11) is -3.38. The molecule has 21 heavy (non-hydrogen) atoms. The smallest absolute Gasteiger partial charge is 0.231 e. The maximum atomic E-state index is 11.8. The lowest BCUT2D eigenvalue weighted by atomic mass is 9.93. The number of nitrogens with zero attached hydrogens (tertiary/aromatic N) is 2. The molecule has 0 unspecified atom stereocenters. The largest absolute Gasteiger partial charge is 0.317 e. The van der Waals surface area contributed by atoms with E-state index in [1.807, 2.05) is 0 Å². The van der Waals surface area contributed by atoms with Gasteiger partial charge in [0, 0.05) is 6.42 Å². The minimum Gasteiger partial charge on any atom is -0.317 e. The van der Waals surface area contributed by atoms with E-state index >= 15 is 0 Å². The number of rotatable bonds is 6. The minimum atomic E-state index is -3.38. The van der Waals surface area contributed by atoms with Gasteiger partial charge in [-0.3, -0.25) is 9.52 Å². The van der Waals surface area contributed by atoms with Crippen LogP contribution < -0.4 is 15.4 Å². The summed E-state index contributed by atoms with van der Waals surface area (Å²) in [4.78, 5) is 11.8. The van der Waals surface area contributed by atoms with Gasteiger partial charge in [0.05, 0.1) is 6.26 Å². The quantitative estimate of drug-likeness (QED) is 0.704. The molecule has 0 spiro atoms. The molecule has 0 atom stereocenters. The van der Waals surface area contributed by atoms with Gasteiger partial charge in [0.15, 0.2) is 0 Å². The number of sulfonamides is 1. The van der Waals surface area contributed by atoms with E-state index in [-0.39, 0.29) is 11.0 Å². The Morgan fingerprint density at radius 3 is 2.67 bits per heavy atom. The molecule has 10 heteroatoms. The summed E-state index contributed by atoms with van der Waals surface area (Å²) < 4.78 is 24.3. The van der Waals surface area contributed by atoms with Gasteiger partial charge in [-0.15, -0.1) is 10.2 Å². The monoisotopic (exact) mass is 333 g/mol. The molecule has 118 valence electrons. The van der Waals surface area contributed by atoms with Crippen molar-refractivity contribution >= 4 is 37.5 Å². The number of aromatic nitrogens is 2. The number of carbonyl (C=O) groups is 1. The SMILES string of the molecule is CS(=O)(=O)Nc1nnc(NC(=O)CCC2CCNCC2)s1. The van der Waals surface area contributed by atoms with Crippen LogP contribution in [0.2, 0.25) is 0 Å². The van der Waals surface area contributed by atoms with Gasteiger partial charge < -0.3 is 10.6 Å². The van der Waals surface area contributed by atoms with Crippen LogP contribution in [-0.2, 0) is 14.8 Å². The third-order valence-corrected chi connectivity index (χ3v) is 4.63. The average molecular weight is 333 g/mol. The Labute approximate surface area is 127 Å². The molecular formula is C11H19N5O3S2. The van der Waals surface area contributed by atoms with Crippen molar-refractivity contribution in [1.82, 2.24) is 15.5 Å². The summed E-state index contributed by atoms with van der Waals surface area (Å²) in [6.07, 6.45) is 4.55. The number of hydrogen-bond acceptors (Lipinski definition) is 7. The van der Waals surface area contributed by atoms with Crippen molar-refractivity contribution in [3.8, 4) is 0 Å². The predicted octanol–water partition coefficient (Wildman–Crippen LogP) is 0.628. The molecule has 1 amide bonds. The Morgan fingerprint density at radius 2 is 2.00 bits per heavy atom. The molecule has 1 aromatic rings. The summed E-state index contributed by atoms with van der Waals surface area (Å²) in [5.74, 6) is 0.476. The van der Waals surface area contributed by atoms with Gasteiger partial charge in [-0.2, -0.15) is 0 Å². The highest BCUT2D eigenvalue weighted by atomic mass is 32.2. The third-order valence-electron chi connectivity index (χ3n) is 3.18. The van der Waals surface area contributed by atoms with Crippen molar-refractivity contribution in [2.45, 2.75) is 25.7 Å². The van der Waals surface area contributed by atoms with Crippen LogP contribution in [0.5, 0.6) is 0 Å². The van der Waals surface area contributed by atoms with Crippen LogP contribution in [0.3, 0.4) is 0 Å². The number of anilines is 2. The first kappa shape index (κ1) is 16.1. The van der Waals surface area contributed by atoms with E-state index in [0.29, 0.717) is 17.5 Å². The zero-order valence-electron chi connectivity index (χ0n) is 11.8. The summed E-state index contributed by atoms with van der Waals surface area (Å²) in [5.41, 5.74) is 0. The molecule has 1 aliphatic rings. The number of piperidine rings is 1. The highest BCUT2D eigenvalue weighted by molar-refractivity contribution is 7.92. The maximum Gasteiger partial charge on any atom is 0.231 e. The second-order valence-electron chi connectivity index (χ2n) is 5.07. The van der Waals surface area contributed by atoms with Crippen LogP contribution in [0.4, 0.5) is 10.3 Å². The fourth-order valence-corrected chi connectivity index (χ4v) is 3.65. The molecule has 1 fully saturated rings. The van der Waals surface area contributed by atoms with Crippen LogP contribution in [0.25, 0.3) is 0 Å². The number of nitrogens with one attached hydrogen (secondary N) is 3. The zero-order valence-corrected chi connectivity index (χ0v) is 13.4. The van der Waals surface area contributed by atoms with E-state index in [0.717, 1.165) is 49.9 Å². The van der Waals surface area contributed by atoms with E-state index < -0.39 is 10.0 Å². The van der Waals surface area contributed by atoms with Crippen molar-refractivity contribution in [2.24, 2.45) is 5.92 Å². The second kappa shape index (κ2) is 7.14. The highest BCUT2D eigenvalue weighted by Gasteiger charge is 2.15. The minimum absolute atomic E-state index is 0.115. The molecule has 1 saturated heterocycles. The molecular weight excluding hydrogens is 314 g/mol. The van der Waals surface area contributed by atoms with Gasteiger partial charge in [-0.05, 0) is 38.3 Å². The van der Waals surface area contributed by atoms with Crippen LogP contribution in [0.15, 0.2) is 0 Å².